The average molecular weight is 276 g/mol. The summed E-state index contributed by atoms with van der Waals surface area (Å²) in [6.45, 7) is 6.62. The summed E-state index contributed by atoms with van der Waals surface area (Å²) in [5.74, 6) is 0. The molecule has 1 aliphatic rings. The molecule has 0 bridgehead atoms. The fourth-order valence-electron chi connectivity index (χ4n) is 2.12. The second kappa shape index (κ2) is 4.86. The molecule has 100 valence electrons. The SMILES string of the molecule is CC1(C)CN(c2nnc(-c3ccccn3)s2)CCO1. The topological polar surface area (TPSA) is 51.1 Å². The van der Waals surface area contributed by atoms with Gasteiger partial charge in [-0.25, -0.2) is 0 Å². The number of hydrogen-bond acceptors (Lipinski definition) is 6. The first-order valence-corrected chi connectivity index (χ1v) is 7.09. The summed E-state index contributed by atoms with van der Waals surface area (Å²) < 4.78 is 5.71. The molecule has 0 aromatic carbocycles. The number of anilines is 1. The Hall–Kier alpha value is -1.53. The fraction of sp³-hybridized carbons (Fsp3) is 0.462. The van der Waals surface area contributed by atoms with Gasteiger partial charge >= 0.3 is 0 Å². The molecule has 3 heterocycles. The lowest BCUT2D eigenvalue weighted by molar-refractivity contribution is -0.0277. The minimum Gasteiger partial charge on any atom is -0.372 e. The van der Waals surface area contributed by atoms with Crippen LogP contribution in [-0.4, -0.2) is 40.5 Å². The number of rotatable bonds is 2. The van der Waals surface area contributed by atoms with E-state index in [0.29, 0.717) is 0 Å². The molecule has 3 rings (SSSR count). The third-order valence-electron chi connectivity index (χ3n) is 2.99. The van der Waals surface area contributed by atoms with Crippen LogP contribution in [0, 0.1) is 0 Å². The Bertz CT molecular complexity index is 555. The van der Waals surface area contributed by atoms with Crippen molar-refractivity contribution >= 4 is 16.5 Å². The molecule has 0 aliphatic carbocycles. The molecule has 0 spiro atoms. The van der Waals surface area contributed by atoms with Crippen molar-refractivity contribution in [2.45, 2.75) is 19.4 Å². The molecule has 0 N–H and O–H groups in total. The van der Waals surface area contributed by atoms with E-state index < -0.39 is 0 Å². The minimum atomic E-state index is -0.130. The maximum Gasteiger partial charge on any atom is 0.208 e. The van der Waals surface area contributed by atoms with Crippen molar-refractivity contribution in [3.05, 3.63) is 24.4 Å². The molecule has 5 nitrogen and oxygen atoms in total. The quantitative estimate of drug-likeness (QED) is 0.841. The van der Waals surface area contributed by atoms with E-state index >= 15 is 0 Å². The maximum absolute atomic E-state index is 5.71. The van der Waals surface area contributed by atoms with Crippen LogP contribution in [0.5, 0.6) is 0 Å². The van der Waals surface area contributed by atoms with Crippen molar-refractivity contribution in [1.82, 2.24) is 15.2 Å². The van der Waals surface area contributed by atoms with Crippen LogP contribution in [0.2, 0.25) is 0 Å². The van der Waals surface area contributed by atoms with Crippen LogP contribution in [0.1, 0.15) is 13.8 Å². The summed E-state index contributed by atoms with van der Waals surface area (Å²) in [5.41, 5.74) is 0.744. The second-order valence-corrected chi connectivity index (χ2v) is 6.09. The van der Waals surface area contributed by atoms with Gasteiger partial charge in [0.2, 0.25) is 5.13 Å². The summed E-state index contributed by atoms with van der Waals surface area (Å²) in [4.78, 5) is 6.53. The standard InChI is InChI=1S/C13H16N4OS/c1-13(2)9-17(7-8-18-13)12-16-15-11(19-12)10-5-3-4-6-14-10/h3-6H,7-9H2,1-2H3. The van der Waals surface area contributed by atoms with Crippen LogP contribution in [-0.2, 0) is 4.74 Å². The summed E-state index contributed by atoms with van der Waals surface area (Å²) in [7, 11) is 0. The van der Waals surface area contributed by atoms with Crippen molar-refractivity contribution < 1.29 is 4.74 Å². The van der Waals surface area contributed by atoms with Gasteiger partial charge in [-0.1, -0.05) is 17.4 Å². The number of aromatic nitrogens is 3. The van der Waals surface area contributed by atoms with Gasteiger partial charge in [0, 0.05) is 19.3 Å². The minimum absolute atomic E-state index is 0.130. The van der Waals surface area contributed by atoms with Crippen molar-refractivity contribution in [3.8, 4) is 10.7 Å². The highest BCUT2D eigenvalue weighted by molar-refractivity contribution is 7.18. The molecule has 1 saturated heterocycles. The van der Waals surface area contributed by atoms with Crippen molar-refractivity contribution in [2.75, 3.05) is 24.6 Å². The Morgan fingerprint density at radius 3 is 2.95 bits per heavy atom. The van der Waals surface area contributed by atoms with Gasteiger partial charge < -0.3 is 9.64 Å². The highest BCUT2D eigenvalue weighted by atomic mass is 32.1. The van der Waals surface area contributed by atoms with Gasteiger partial charge in [-0.15, -0.1) is 10.2 Å². The van der Waals surface area contributed by atoms with Crippen molar-refractivity contribution in [2.24, 2.45) is 0 Å². The van der Waals surface area contributed by atoms with Gasteiger partial charge in [0.1, 0.15) is 5.69 Å². The van der Waals surface area contributed by atoms with Gasteiger partial charge in [0.05, 0.1) is 12.2 Å². The third kappa shape index (κ3) is 2.74. The molecular weight excluding hydrogens is 260 g/mol. The molecule has 1 fully saturated rings. The Morgan fingerprint density at radius 1 is 1.32 bits per heavy atom. The Kier molecular flexibility index (Phi) is 3.20. The largest absolute Gasteiger partial charge is 0.372 e. The molecule has 0 amide bonds. The third-order valence-corrected chi connectivity index (χ3v) is 4.00. The summed E-state index contributed by atoms with van der Waals surface area (Å²) in [5, 5.41) is 10.3. The van der Waals surface area contributed by atoms with Crippen LogP contribution in [0.3, 0.4) is 0 Å². The number of pyridine rings is 1. The number of hydrogen-bond donors (Lipinski definition) is 0. The molecule has 0 saturated carbocycles. The number of nitrogens with zero attached hydrogens (tertiary/aromatic N) is 4. The predicted octanol–water partition coefficient (Wildman–Crippen LogP) is 2.22. The Labute approximate surface area is 116 Å². The first-order valence-electron chi connectivity index (χ1n) is 6.28. The van der Waals surface area contributed by atoms with Crippen molar-refractivity contribution in [3.63, 3.8) is 0 Å². The molecule has 1 aliphatic heterocycles. The zero-order valence-electron chi connectivity index (χ0n) is 11.0. The van der Waals surface area contributed by atoms with Gasteiger partial charge in [0.25, 0.3) is 0 Å². The molecule has 6 heteroatoms. The molecular formula is C13H16N4OS. The van der Waals surface area contributed by atoms with E-state index in [9.17, 15) is 0 Å². The van der Waals surface area contributed by atoms with Gasteiger partial charge in [0.15, 0.2) is 5.01 Å². The van der Waals surface area contributed by atoms with Crippen LogP contribution in [0.25, 0.3) is 10.7 Å². The van der Waals surface area contributed by atoms with Gasteiger partial charge in [-0.05, 0) is 26.0 Å². The smallest absolute Gasteiger partial charge is 0.208 e. The van der Waals surface area contributed by atoms with Crippen LogP contribution >= 0.6 is 11.3 Å². The van der Waals surface area contributed by atoms with Gasteiger partial charge in [-0.2, -0.15) is 0 Å². The highest BCUT2D eigenvalue weighted by Gasteiger charge is 2.29. The lowest BCUT2D eigenvalue weighted by atomic mass is 10.1. The van der Waals surface area contributed by atoms with Gasteiger partial charge in [-0.3, -0.25) is 4.98 Å². The lowest BCUT2D eigenvalue weighted by Crippen LogP contribution is -2.48. The summed E-state index contributed by atoms with van der Waals surface area (Å²) in [6, 6.07) is 5.81. The van der Waals surface area contributed by atoms with E-state index in [1.54, 1.807) is 17.5 Å². The van der Waals surface area contributed by atoms with E-state index in [1.807, 2.05) is 18.2 Å². The molecule has 0 radical (unpaired) electrons. The summed E-state index contributed by atoms with van der Waals surface area (Å²) >= 11 is 1.58. The zero-order chi connectivity index (χ0) is 13.3. The fourth-order valence-corrected chi connectivity index (χ4v) is 2.96. The predicted molar refractivity (Wildman–Crippen MR) is 75.4 cm³/mol. The first-order chi connectivity index (χ1) is 9.14. The van der Waals surface area contributed by atoms with Crippen LogP contribution < -0.4 is 4.90 Å². The molecule has 0 atom stereocenters. The van der Waals surface area contributed by atoms with E-state index in [0.717, 1.165) is 35.5 Å². The second-order valence-electron chi connectivity index (χ2n) is 5.13. The van der Waals surface area contributed by atoms with E-state index in [2.05, 4.69) is 33.9 Å². The molecule has 2 aromatic heterocycles. The first kappa shape index (κ1) is 12.5. The number of ether oxygens (including phenoxy) is 1. The normalized spacial score (nSPS) is 18.5. The maximum atomic E-state index is 5.71. The highest BCUT2D eigenvalue weighted by Crippen LogP contribution is 2.29. The number of morpholine rings is 1. The van der Waals surface area contributed by atoms with E-state index in [4.69, 9.17) is 4.74 Å². The summed E-state index contributed by atoms with van der Waals surface area (Å²) in [6.07, 6.45) is 1.77. The molecule has 0 unspecified atom stereocenters. The lowest BCUT2D eigenvalue weighted by Gasteiger charge is -2.37. The van der Waals surface area contributed by atoms with Crippen LogP contribution in [0.4, 0.5) is 5.13 Å². The van der Waals surface area contributed by atoms with E-state index in [1.165, 1.54) is 0 Å². The molecule has 2 aromatic rings. The molecule has 19 heavy (non-hydrogen) atoms. The monoisotopic (exact) mass is 276 g/mol. The van der Waals surface area contributed by atoms with Crippen LogP contribution in [0.15, 0.2) is 24.4 Å². The van der Waals surface area contributed by atoms with E-state index in [-0.39, 0.29) is 5.60 Å². The zero-order valence-corrected chi connectivity index (χ0v) is 11.9. The van der Waals surface area contributed by atoms with Crippen molar-refractivity contribution in [1.29, 1.82) is 0 Å². The Morgan fingerprint density at radius 2 is 2.21 bits per heavy atom. The Balaban J connectivity index is 1.82. The average Bonchev–Trinajstić information content (AvgIpc) is 2.88.